The van der Waals surface area contributed by atoms with Crippen LogP contribution in [-0.4, -0.2) is 52.1 Å². The van der Waals surface area contributed by atoms with Gasteiger partial charge in [-0.05, 0) is 85.4 Å². The van der Waals surface area contributed by atoms with Crippen molar-refractivity contribution in [1.29, 1.82) is 0 Å². The summed E-state index contributed by atoms with van der Waals surface area (Å²) in [5.41, 5.74) is 0.0144. The molecule has 4 rings (SSSR count). The highest BCUT2D eigenvalue weighted by Gasteiger charge is 2.64. The average molecular weight is 610 g/mol. The lowest BCUT2D eigenvalue weighted by molar-refractivity contribution is -0.164. The van der Waals surface area contributed by atoms with Crippen molar-refractivity contribution in [3.05, 3.63) is 0 Å². The van der Waals surface area contributed by atoms with Gasteiger partial charge in [-0.3, -0.25) is 14.1 Å². The van der Waals surface area contributed by atoms with Gasteiger partial charge in [0, 0.05) is 29.7 Å². The van der Waals surface area contributed by atoms with E-state index in [4.69, 9.17) is 4.55 Å². The first kappa shape index (κ1) is 26.8. The number of fused-ring (bicyclic) bond motifs is 5. The quantitative estimate of drug-likeness (QED) is 0.230. The molecule has 34 heavy (non-hydrogen) atoms. The number of Topliss-reactive ketones (excluding diaryl/α,β-unsaturated/α-hetero) is 1. The van der Waals surface area contributed by atoms with Crippen molar-refractivity contribution in [3.63, 3.8) is 0 Å². The molecule has 4 saturated carbocycles. The summed E-state index contributed by atoms with van der Waals surface area (Å²) < 4.78 is 30.9. The molecule has 0 bridgehead atoms. The van der Waals surface area contributed by atoms with Gasteiger partial charge in [-0.2, -0.15) is 8.42 Å². The highest BCUT2D eigenvalue weighted by molar-refractivity contribution is 14.1. The number of carbonyl (C=O) groups is 2. The first-order valence-corrected chi connectivity index (χ1v) is 15.8. The Balaban J connectivity index is 1.40. The number of aliphatic hydroxyl groups is 1. The fourth-order valence-corrected chi connectivity index (χ4v) is 10.4. The molecule has 9 atom stereocenters. The summed E-state index contributed by atoms with van der Waals surface area (Å²) in [7, 11) is -4.07. The van der Waals surface area contributed by atoms with E-state index in [0.29, 0.717) is 65.0 Å². The SMILES string of the molecule is C[C@@]12C(CCCC(=O)NCCS(=O)(=O)O)CC[C@H]1[C@@H]1[C@@H](I)CC3CC(=O)CC[C@]3(C)[C@H]1C[C@@H]2O. The zero-order chi connectivity index (χ0) is 24.9. The second kappa shape index (κ2) is 9.89. The molecule has 4 aliphatic carbocycles. The van der Waals surface area contributed by atoms with E-state index in [1.54, 1.807) is 0 Å². The van der Waals surface area contributed by atoms with Gasteiger partial charge in [0.2, 0.25) is 5.91 Å². The number of ketones is 1. The van der Waals surface area contributed by atoms with Crippen molar-refractivity contribution in [3.8, 4) is 0 Å². The molecule has 7 nitrogen and oxygen atoms in total. The van der Waals surface area contributed by atoms with E-state index in [1.807, 2.05) is 0 Å². The summed E-state index contributed by atoms with van der Waals surface area (Å²) >= 11 is 2.64. The van der Waals surface area contributed by atoms with Crippen molar-refractivity contribution in [2.24, 2.45) is 40.4 Å². The standard InChI is InChI=1S/C25H40INO6S/c1-24-9-8-17(28)12-16(24)13-20(26)23-18-7-6-15(25(18,2)21(29)14-19(23)24)4-3-5-22(30)27-10-11-34(31,32)33/h15-16,18-21,23,29H,3-14H2,1-2H3,(H,27,30)(H,31,32,33)/t15?,16?,18-,19-,20-,21-,23-,24-,25+/m0/s1. The molecule has 3 N–H and O–H groups in total. The van der Waals surface area contributed by atoms with Crippen LogP contribution in [0.25, 0.3) is 0 Å². The van der Waals surface area contributed by atoms with E-state index in [-0.39, 0.29) is 29.4 Å². The second-order valence-corrected chi connectivity index (χ2v) is 15.1. The van der Waals surface area contributed by atoms with E-state index in [0.717, 1.165) is 38.5 Å². The van der Waals surface area contributed by atoms with E-state index in [9.17, 15) is 23.1 Å². The van der Waals surface area contributed by atoms with Crippen LogP contribution in [0.4, 0.5) is 0 Å². The van der Waals surface area contributed by atoms with Crippen LogP contribution in [0.3, 0.4) is 0 Å². The summed E-state index contributed by atoms with van der Waals surface area (Å²) in [6.45, 7) is 4.60. The molecule has 0 radical (unpaired) electrons. The molecule has 0 heterocycles. The fraction of sp³-hybridized carbons (Fsp3) is 0.920. The molecule has 0 aromatic carbocycles. The third-order valence-corrected chi connectivity index (χ3v) is 12.5. The van der Waals surface area contributed by atoms with Gasteiger partial charge >= 0.3 is 0 Å². The first-order valence-electron chi connectivity index (χ1n) is 12.9. The number of carbonyl (C=O) groups excluding carboxylic acids is 2. The van der Waals surface area contributed by atoms with Gasteiger partial charge in [-0.15, -0.1) is 0 Å². The Morgan fingerprint density at radius 1 is 1.21 bits per heavy atom. The lowest BCUT2D eigenvalue weighted by atomic mass is 9.44. The van der Waals surface area contributed by atoms with Crippen molar-refractivity contribution < 1.29 is 27.7 Å². The van der Waals surface area contributed by atoms with Crippen LogP contribution in [0.1, 0.15) is 78.1 Å². The molecule has 0 aliphatic heterocycles. The highest BCUT2D eigenvalue weighted by Crippen LogP contribution is 2.68. The van der Waals surface area contributed by atoms with Gasteiger partial charge in [0.05, 0.1) is 11.9 Å². The van der Waals surface area contributed by atoms with Crippen molar-refractivity contribution in [1.82, 2.24) is 5.32 Å². The number of nitrogens with one attached hydrogen (secondary N) is 1. The van der Waals surface area contributed by atoms with E-state index in [1.165, 1.54) is 0 Å². The lowest BCUT2D eigenvalue weighted by Gasteiger charge is -2.63. The molecule has 4 fully saturated rings. The van der Waals surface area contributed by atoms with Gasteiger partial charge in [-0.1, -0.05) is 36.4 Å². The van der Waals surface area contributed by atoms with Crippen LogP contribution in [0.5, 0.6) is 0 Å². The molecule has 0 aromatic heterocycles. The number of halogens is 1. The zero-order valence-corrected chi connectivity index (χ0v) is 23.3. The Hall–Kier alpha value is -0.260. The second-order valence-electron chi connectivity index (χ2n) is 11.9. The summed E-state index contributed by atoms with van der Waals surface area (Å²) in [6, 6.07) is 0. The van der Waals surface area contributed by atoms with Crippen LogP contribution in [0.2, 0.25) is 0 Å². The molecule has 4 aliphatic rings. The topological polar surface area (TPSA) is 121 Å². The summed E-state index contributed by atoms with van der Waals surface area (Å²) in [4.78, 5) is 24.3. The van der Waals surface area contributed by atoms with Crippen LogP contribution >= 0.6 is 22.6 Å². The van der Waals surface area contributed by atoms with E-state index in [2.05, 4.69) is 41.8 Å². The highest BCUT2D eigenvalue weighted by atomic mass is 127. The minimum absolute atomic E-state index is 0.0783. The molecule has 194 valence electrons. The van der Waals surface area contributed by atoms with Crippen LogP contribution in [0, 0.1) is 40.4 Å². The fourth-order valence-electron chi connectivity index (χ4n) is 8.44. The predicted octanol–water partition coefficient (Wildman–Crippen LogP) is 3.77. The molecule has 2 unspecified atom stereocenters. The van der Waals surface area contributed by atoms with E-state index < -0.39 is 15.9 Å². The van der Waals surface area contributed by atoms with Crippen LogP contribution in [0.15, 0.2) is 0 Å². The maximum absolute atomic E-state index is 12.2. The Labute approximate surface area is 217 Å². The van der Waals surface area contributed by atoms with Crippen molar-refractivity contribution >= 4 is 44.4 Å². The third kappa shape index (κ3) is 4.96. The van der Waals surface area contributed by atoms with Crippen LogP contribution < -0.4 is 5.32 Å². The Morgan fingerprint density at radius 2 is 1.94 bits per heavy atom. The van der Waals surface area contributed by atoms with Crippen molar-refractivity contribution in [2.45, 2.75) is 88.1 Å². The number of alkyl halides is 1. The first-order chi connectivity index (χ1) is 15.9. The molecule has 1 amide bonds. The average Bonchev–Trinajstić information content (AvgIpc) is 3.07. The number of rotatable bonds is 7. The zero-order valence-electron chi connectivity index (χ0n) is 20.3. The predicted molar refractivity (Wildman–Crippen MR) is 138 cm³/mol. The molecule has 0 aromatic rings. The van der Waals surface area contributed by atoms with Gasteiger partial charge in [0.15, 0.2) is 0 Å². The lowest BCUT2D eigenvalue weighted by Crippen LogP contribution is -2.60. The summed E-state index contributed by atoms with van der Waals surface area (Å²) in [5.74, 6) is 2.10. The number of hydrogen-bond donors (Lipinski definition) is 3. The normalized spacial score (nSPS) is 44.1. The van der Waals surface area contributed by atoms with Crippen LogP contribution in [-0.2, 0) is 19.7 Å². The van der Waals surface area contributed by atoms with Crippen molar-refractivity contribution in [2.75, 3.05) is 12.3 Å². The minimum atomic E-state index is -4.07. The Morgan fingerprint density at radius 3 is 2.65 bits per heavy atom. The monoisotopic (exact) mass is 609 g/mol. The number of hydrogen-bond acceptors (Lipinski definition) is 5. The minimum Gasteiger partial charge on any atom is -0.393 e. The molecule has 0 saturated heterocycles. The Kier molecular flexibility index (Phi) is 7.80. The molecular weight excluding hydrogens is 569 g/mol. The smallest absolute Gasteiger partial charge is 0.266 e. The maximum atomic E-state index is 12.2. The maximum Gasteiger partial charge on any atom is 0.266 e. The summed E-state index contributed by atoms with van der Waals surface area (Å²) in [5, 5.41) is 14.1. The van der Waals surface area contributed by atoms with Gasteiger partial charge in [0.25, 0.3) is 10.1 Å². The molecule has 9 heteroatoms. The van der Waals surface area contributed by atoms with Gasteiger partial charge < -0.3 is 10.4 Å². The third-order valence-electron chi connectivity index (χ3n) is 10.4. The van der Waals surface area contributed by atoms with Gasteiger partial charge in [-0.25, -0.2) is 0 Å². The molecular formula is C25H40INO6S. The van der Waals surface area contributed by atoms with Gasteiger partial charge in [0.1, 0.15) is 5.78 Å². The van der Waals surface area contributed by atoms with E-state index >= 15 is 0 Å². The Bertz CT molecular complexity index is 911. The number of aliphatic hydroxyl groups excluding tert-OH is 1. The molecule has 0 spiro atoms. The number of amides is 1. The summed E-state index contributed by atoms with van der Waals surface area (Å²) in [6.07, 6.45) is 8.07. The largest absolute Gasteiger partial charge is 0.393 e.